The lowest BCUT2D eigenvalue weighted by atomic mass is 9.99. The summed E-state index contributed by atoms with van der Waals surface area (Å²) in [5, 5.41) is 0. The number of imidazole rings is 1. The summed E-state index contributed by atoms with van der Waals surface area (Å²) in [6.07, 6.45) is 3.98. The van der Waals surface area contributed by atoms with Crippen LogP contribution >= 0.6 is 0 Å². The summed E-state index contributed by atoms with van der Waals surface area (Å²) in [4.78, 5) is 16.6. The maximum absolute atomic E-state index is 12.5. The first-order valence-corrected chi connectivity index (χ1v) is 7.53. The molecule has 5 heteroatoms. The lowest BCUT2D eigenvalue weighted by molar-refractivity contribution is -0.181. The lowest BCUT2D eigenvalue weighted by Gasteiger charge is -2.39. The van der Waals surface area contributed by atoms with Gasteiger partial charge in [-0.3, -0.25) is 0 Å². The zero-order valence-electron chi connectivity index (χ0n) is 12.9. The Labute approximate surface area is 129 Å². The number of hydrogen-bond donors (Lipinski definition) is 0. The Kier molecular flexibility index (Phi) is 3.98. The predicted octanol–water partition coefficient (Wildman–Crippen LogP) is 2.83. The van der Waals surface area contributed by atoms with Gasteiger partial charge in [0.15, 0.2) is 5.60 Å². The molecule has 22 heavy (non-hydrogen) atoms. The molecule has 0 unspecified atom stereocenters. The zero-order chi connectivity index (χ0) is 15.6. The Morgan fingerprint density at radius 1 is 1.41 bits per heavy atom. The Morgan fingerprint density at radius 3 is 2.73 bits per heavy atom. The van der Waals surface area contributed by atoms with Crippen molar-refractivity contribution in [2.75, 3.05) is 13.2 Å². The minimum absolute atomic E-state index is 0.0152. The van der Waals surface area contributed by atoms with E-state index in [1.54, 1.807) is 12.5 Å². The lowest BCUT2D eigenvalue weighted by Crippen LogP contribution is -2.52. The molecule has 1 aliphatic heterocycles. The third-order valence-electron chi connectivity index (χ3n) is 4.26. The average Bonchev–Trinajstić information content (AvgIpc) is 3.00. The summed E-state index contributed by atoms with van der Waals surface area (Å²) in [5.74, 6) is -0.342. The van der Waals surface area contributed by atoms with Crippen LogP contribution in [-0.2, 0) is 9.47 Å². The molecule has 0 radical (unpaired) electrons. The predicted molar refractivity (Wildman–Crippen MR) is 81.7 cm³/mol. The Morgan fingerprint density at radius 2 is 2.14 bits per heavy atom. The number of benzene rings is 1. The van der Waals surface area contributed by atoms with Gasteiger partial charge in [-0.2, -0.15) is 0 Å². The summed E-state index contributed by atoms with van der Waals surface area (Å²) >= 11 is 0. The van der Waals surface area contributed by atoms with Gasteiger partial charge in [-0.1, -0.05) is 37.3 Å². The van der Waals surface area contributed by atoms with Crippen LogP contribution < -0.4 is 0 Å². The van der Waals surface area contributed by atoms with Crippen LogP contribution in [0.15, 0.2) is 42.9 Å². The zero-order valence-corrected chi connectivity index (χ0v) is 12.9. The molecule has 5 nitrogen and oxygen atoms in total. The highest BCUT2D eigenvalue weighted by atomic mass is 16.6. The molecule has 1 aliphatic rings. The van der Waals surface area contributed by atoms with Crippen molar-refractivity contribution in [1.82, 2.24) is 9.55 Å². The molecule has 1 atom stereocenters. The van der Waals surface area contributed by atoms with Gasteiger partial charge in [0.1, 0.15) is 5.69 Å². The first-order chi connectivity index (χ1) is 10.7. The summed E-state index contributed by atoms with van der Waals surface area (Å²) in [7, 11) is 0. The smallest absolute Gasteiger partial charge is 0.357 e. The highest BCUT2D eigenvalue weighted by molar-refractivity contribution is 5.87. The second-order valence-electron chi connectivity index (χ2n) is 5.69. The van der Waals surface area contributed by atoms with Crippen LogP contribution in [0.4, 0.5) is 0 Å². The monoisotopic (exact) mass is 300 g/mol. The number of nitrogens with zero attached hydrogens (tertiary/aromatic N) is 2. The molecular weight excluding hydrogens is 280 g/mol. The van der Waals surface area contributed by atoms with Gasteiger partial charge in [0.05, 0.1) is 31.8 Å². The van der Waals surface area contributed by atoms with E-state index in [1.807, 2.05) is 48.7 Å². The van der Waals surface area contributed by atoms with Crippen molar-refractivity contribution in [3.05, 3.63) is 54.1 Å². The minimum atomic E-state index is -0.470. The van der Waals surface area contributed by atoms with Crippen molar-refractivity contribution in [2.24, 2.45) is 0 Å². The number of hydrogen-bond acceptors (Lipinski definition) is 4. The van der Waals surface area contributed by atoms with Gasteiger partial charge in [0.2, 0.25) is 0 Å². The molecule has 1 aromatic heterocycles. The number of rotatable bonds is 5. The first kappa shape index (κ1) is 14.8. The standard InChI is InChI=1S/C17H20N2O3/c1-3-17(10-21-11-17)22-16(20)15-9-18-12-19(15)13(2)14-7-5-4-6-8-14/h4-9,12-13H,3,10-11H2,1-2H3/t13-/m1/s1. The van der Waals surface area contributed by atoms with E-state index in [9.17, 15) is 4.79 Å². The van der Waals surface area contributed by atoms with Crippen molar-refractivity contribution in [1.29, 1.82) is 0 Å². The van der Waals surface area contributed by atoms with Crippen molar-refractivity contribution >= 4 is 5.97 Å². The van der Waals surface area contributed by atoms with Gasteiger partial charge in [-0.05, 0) is 18.9 Å². The molecule has 1 saturated heterocycles. The fraction of sp³-hybridized carbons (Fsp3) is 0.412. The summed E-state index contributed by atoms with van der Waals surface area (Å²) in [6, 6.07) is 10.0. The Bertz CT molecular complexity index is 641. The topological polar surface area (TPSA) is 53.3 Å². The van der Waals surface area contributed by atoms with Crippen molar-refractivity contribution < 1.29 is 14.3 Å². The Balaban J connectivity index is 1.81. The van der Waals surface area contributed by atoms with Crippen LogP contribution in [0.5, 0.6) is 0 Å². The van der Waals surface area contributed by atoms with E-state index in [4.69, 9.17) is 9.47 Å². The molecule has 3 rings (SSSR count). The van der Waals surface area contributed by atoms with Crippen molar-refractivity contribution in [3.63, 3.8) is 0 Å². The summed E-state index contributed by atoms with van der Waals surface area (Å²) in [5.41, 5.74) is 1.12. The third-order valence-corrected chi connectivity index (χ3v) is 4.26. The fourth-order valence-electron chi connectivity index (χ4n) is 2.58. The number of carbonyl (C=O) groups is 1. The minimum Gasteiger partial charge on any atom is -0.449 e. The number of carbonyl (C=O) groups excluding carboxylic acids is 1. The summed E-state index contributed by atoms with van der Waals surface area (Å²) in [6.45, 7) is 4.98. The SMILES string of the molecule is CCC1(OC(=O)c2cncn2[C@H](C)c2ccccc2)COC1. The first-order valence-electron chi connectivity index (χ1n) is 7.53. The second kappa shape index (κ2) is 5.93. The molecule has 0 N–H and O–H groups in total. The largest absolute Gasteiger partial charge is 0.449 e. The summed E-state index contributed by atoms with van der Waals surface area (Å²) < 4.78 is 12.7. The maximum Gasteiger partial charge on any atom is 0.357 e. The van der Waals surface area contributed by atoms with Gasteiger partial charge >= 0.3 is 5.97 Å². The van der Waals surface area contributed by atoms with E-state index in [0.29, 0.717) is 18.9 Å². The van der Waals surface area contributed by atoms with Crippen LogP contribution in [0, 0.1) is 0 Å². The van der Waals surface area contributed by atoms with Crippen molar-refractivity contribution in [3.8, 4) is 0 Å². The molecular formula is C17H20N2O3. The van der Waals surface area contributed by atoms with Crippen molar-refractivity contribution in [2.45, 2.75) is 31.9 Å². The molecule has 0 amide bonds. The average molecular weight is 300 g/mol. The van der Waals surface area contributed by atoms with Gasteiger partial charge in [0, 0.05) is 0 Å². The van der Waals surface area contributed by atoms with Gasteiger partial charge in [-0.15, -0.1) is 0 Å². The van der Waals surface area contributed by atoms with Gasteiger partial charge < -0.3 is 14.0 Å². The number of aromatic nitrogens is 2. The third kappa shape index (κ3) is 2.64. The second-order valence-corrected chi connectivity index (χ2v) is 5.69. The van der Waals surface area contributed by atoms with Crippen LogP contribution in [0.3, 0.4) is 0 Å². The van der Waals surface area contributed by atoms with Crippen LogP contribution in [-0.4, -0.2) is 34.3 Å². The van der Waals surface area contributed by atoms with E-state index >= 15 is 0 Å². The van der Waals surface area contributed by atoms with Gasteiger partial charge in [-0.25, -0.2) is 9.78 Å². The molecule has 2 heterocycles. The molecule has 116 valence electrons. The molecule has 2 aromatic rings. The highest BCUT2D eigenvalue weighted by Gasteiger charge is 2.41. The molecule has 1 aromatic carbocycles. The molecule has 1 fully saturated rings. The van der Waals surface area contributed by atoms with Crippen LogP contribution in [0.25, 0.3) is 0 Å². The van der Waals surface area contributed by atoms with Gasteiger partial charge in [0.25, 0.3) is 0 Å². The number of esters is 1. The van der Waals surface area contributed by atoms with E-state index < -0.39 is 5.60 Å². The van der Waals surface area contributed by atoms with Crippen LogP contribution in [0.1, 0.15) is 42.4 Å². The molecule has 0 aliphatic carbocycles. The van der Waals surface area contributed by atoms with E-state index in [1.165, 1.54) is 0 Å². The fourth-order valence-corrected chi connectivity index (χ4v) is 2.58. The van der Waals surface area contributed by atoms with Crippen LogP contribution in [0.2, 0.25) is 0 Å². The number of ether oxygens (including phenoxy) is 2. The normalized spacial score (nSPS) is 17.5. The van der Waals surface area contributed by atoms with E-state index in [-0.39, 0.29) is 12.0 Å². The Hall–Kier alpha value is -2.14. The quantitative estimate of drug-likeness (QED) is 0.797. The molecule has 0 saturated carbocycles. The molecule has 0 bridgehead atoms. The highest BCUT2D eigenvalue weighted by Crippen LogP contribution is 2.28. The maximum atomic E-state index is 12.5. The molecule has 0 spiro atoms. The van der Waals surface area contributed by atoms with E-state index in [0.717, 1.165) is 12.0 Å². The van der Waals surface area contributed by atoms with E-state index in [2.05, 4.69) is 4.98 Å².